The highest BCUT2D eigenvalue weighted by Gasteiger charge is 2.48. The molecule has 10 heteroatoms. The summed E-state index contributed by atoms with van der Waals surface area (Å²) in [6, 6.07) is 10.9. The van der Waals surface area contributed by atoms with E-state index in [1.807, 2.05) is 5.32 Å². The molecule has 2 aromatic rings. The molecule has 0 radical (unpaired) electrons. The standard InChI is InChI=1S/C23H23F2N3O5/c1-14(30)27-23(2,22(24)25)19(21(32)28-33)26-20(31)18-11-9-16(10-12-18)4-3-15-5-7-17(13-29)8-6-15/h5-12,19,22,29,33H,13H2,1-2H3,(H,26,31)(H,27,30)(H,28,32)/t19-,23?/m1/s1. The molecule has 2 atom stereocenters. The highest BCUT2D eigenvalue weighted by molar-refractivity contribution is 5.98. The Hall–Kier alpha value is -3.81. The van der Waals surface area contributed by atoms with Crippen molar-refractivity contribution in [1.29, 1.82) is 0 Å². The normalized spacial score (nSPS) is 13.2. The summed E-state index contributed by atoms with van der Waals surface area (Å²) in [4.78, 5) is 36.0. The summed E-state index contributed by atoms with van der Waals surface area (Å²) < 4.78 is 27.4. The molecule has 2 aromatic carbocycles. The Morgan fingerprint density at radius 1 is 1.00 bits per heavy atom. The van der Waals surface area contributed by atoms with Crippen LogP contribution in [0.15, 0.2) is 48.5 Å². The van der Waals surface area contributed by atoms with E-state index in [1.54, 1.807) is 24.3 Å². The molecule has 1 unspecified atom stereocenters. The summed E-state index contributed by atoms with van der Waals surface area (Å²) in [5, 5.41) is 22.1. The topological polar surface area (TPSA) is 128 Å². The number of aliphatic hydroxyl groups excluding tert-OH is 1. The molecule has 33 heavy (non-hydrogen) atoms. The Morgan fingerprint density at radius 2 is 1.52 bits per heavy atom. The Labute approximate surface area is 189 Å². The number of aliphatic hydroxyl groups is 1. The summed E-state index contributed by atoms with van der Waals surface area (Å²) in [6.07, 6.45) is -3.24. The Balaban J connectivity index is 2.21. The smallest absolute Gasteiger partial charge is 0.268 e. The summed E-state index contributed by atoms with van der Waals surface area (Å²) >= 11 is 0. The van der Waals surface area contributed by atoms with Crippen LogP contribution in [0.4, 0.5) is 8.78 Å². The molecule has 0 aliphatic carbocycles. The number of benzene rings is 2. The maximum Gasteiger partial charge on any atom is 0.268 e. The molecule has 0 aliphatic heterocycles. The van der Waals surface area contributed by atoms with Crippen LogP contribution in [-0.4, -0.2) is 46.0 Å². The number of carbonyl (C=O) groups is 3. The minimum absolute atomic E-state index is 0.0445. The molecule has 8 nitrogen and oxygen atoms in total. The van der Waals surface area contributed by atoms with Crippen LogP contribution < -0.4 is 16.1 Å². The molecule has 0 aromatic heterocycles. The zero-order valence-electron chi connectivity index (χ0n) is 17.9. The maximum atomic E-state index is 13.7. The third kappa shape index (κ3) is 6.58. The van der Waals surface area contributed by atoms with E-state index in [4.69, 9.17) is 10.3 Å². The summed E-state index contributed by atoms with van der Waals surface area (Å²) in [7, 11) is 0. The first-order valence-electron chi connectivity index (χ1n) is 9.74. The van der Waals surface area contributed by atoms with E-state index in [-0.39, 0.29) is 12.2 Å². The molecule has 0 aliphatic rings. The van der Waals surface area contributed by atoms with Gasteiger partial charge >= 0.3 is 0 Å². The first kappa shape index (κ1) is 25.5. The lowest BCUT2D eigenvalue weighted by Crippen LogP contribution is -2.68. The molecule has 0 saturated carbocycles. The lowest BCUT2D eigenvalue weighted by atomic mass is 9.91. The third-order valence-corrected chi connectivity index (χ3v) is 4.78. The van der Waals surface area contributed by atoms with Crippen LogP contribution in [0.2, 0.25) is 0 Å². The molecular weight excluding hydrogens is 436 g/mol. The van der Waals surface area contributed by atoms with E-state index in [2.05, 4.69) is 17.2 Å². The van der Waals surface area contributed by atoms with Crippen molar-refractivity contribution in [2.45, 2.75) is 38.5 Å². The van der Waals surface area contributed by atoms with Crippen LogP contribution in [-0.2, 0) is 16.2 Å². The van der Waals surface area contributed by atoms with Crippen molar-refractivity contribution in [3.8, 4) is 11.8 Å². The van der Waals surface area contributed by atoms with Gasteiger partial charge in [0.25, 0.3) is 18.2 Å². The summed E-state index contributed by atoms with van der Waals surface area (Å²) in [5.41, 5.74) is 0.839. The monoisotopic (exact) mass is 459 g/mol. The zero-order valence-corrected chi connectivity index (χ0v) is 17.9. The number of amides is 3. The van der Waals surface area contributed by atoms with Crippen LogP contribution in [0.5, 0.6) is 0 Å². The lowest BCUT2D eigenvalue weighted by molar-refractivity contribution is -0.137. The number of halogens is 2. The molecule has 3 amide bonds. The van der Waals surface area contributed by atoms with E-state index in [9.17, 15) is 23.2 Å². The number of hydrogen-bond acceptors (Lipinski definition) is 5. The van der Waals surface area contributed by atoms with Gasteiger partial charge in [0.15, 0.2) is 0 Å². The molecule has 0 fully saturated rings. The molecule has 0 heterocycles. The fourth-order valence-corrected chi connectivity index (χ4v) is 2.94. The second-order valence-electron chi connectivity index (χ2n) is 7.33. The summed E-state index contributed by atoms with van der Waals surface area (Å²) in [6.45, 7) is 1.79. The van der Waals surface area contributed by atoms with Crippen LogP contribution in [0.3, 0.4) is 0 Å². The Bertz CT molecular complexity index is 1060. The predicted molar refractivity (Wildman–Crippen MR) is 114 cm³/mol. The first-order valence-corrected chi connectivity index (χ1v) is 9.74. The van der Waals surface area contributed by atoms with Gasteiger partial charge in [-0.3, -0.25) is 19.6 Å². The minimum atomic E-state index is -3.24. The lowest BCUT2D eigenvalue weighted by Gasteiger charge is -2.36. The second kappa shape index (κ2) is 11.2. The Kier molecular flexibility index (Phi) is 8.62. The van der Waals surface area contributed by atoms with Crippen LogP contribution in [0.25, 0.3) is 0 Å². The highest BCUT2D eigenvalue weighted by atomic mass is 19.3. The van der Waals surface area contributed by atoms with Crippen molar-refractivity contribution < 1.29 is 33.5 Å². The van der Waals surface area contributed by atoms with Crippen LogP contribution in [0, 0.1) is 11.8 Å². The highest BCUT2D eigenvalue weighted by Crippen LogP contribution is 2.21. The quantitative estimate of drug-likeness (QED) is 0.243. The van der Waals surface area contributed by atoms with Gasteiger partial charge in [-0.1, -0.05) is 24.0 Å². The van der Waals surface area contributed by atoms with Gasteiger partial charge in [0.1, 0.15) is 11.6 Å². The predicted octanol–water partition coefficient (Wildman–Crippen LogP) is 1.34. The number of nitrogens with one attached hydrogen (secondary N) is 3. The van der Waals surface area contributed by atoms with Crippen molar-refractivity contribution in [2.24, 2.45) is 0 Å². The molecule has 2 rings (SSSR count). The van der Waals surface area contributed by atoms with E-state index in [0.29, 0.717) is 5.56 Å². The van der Waals surface area contributed by atoms with Crippen molar-refractivity contribution in [2.75, 3.05) is 0 Å². The van der Waals surface area contributed by atoms with E-state index in [1.165, 1.54) is 29.7 Å². The average molecular weight is 459 g/mol. The average Bonchev–Trinajstić information content (AvgIpc) is 2.80. The number of alkyl halides is 2. The number of rotatable bonds is 7. The van der Waals surface area contributed by atoms with E-state index < -0.39 is 35.7 Å². The summed E-state index contributed by atoms with van der Waals surface area (Å²) in [5.74, 6) is 2.79. The largest absolute Gasteiger partial charge is 0.392 e. The fourth-order valence-electron chi connectivity index (χ4n) is 2.94. The molecule has 0 bridgehead atoms. The van der Waals surface area contributed by atoms with Gasteiger partial charge in [-0.25, -0.2) is 14.3 Å². The van der Waals surface area contributed by atoms with E-state index >= 15 is 0 Å². The van der Waals surface area contributed by atoms with Crippen molar-refractivity contribution in [3.05, 3.63) is 70.8 Å². The van der Waals surface area contributed by atoms with Gasteiger partial charge in [0, 0.05) is 23.6 Å². The third-order valence-electron chi connectivity index (χ3n) is 4.78. The number of carbonyl (C=O) groups excluding carboxylic acids is 3. The van der Waals surface area contributed by atoms with Gasteiger partial charge in [-0.05, 0) is 48.9 Å². The van der Waals surface area contributed by atoms with Gasteiger partial charge in [0.2, 0.25) is 5.91 Å². The van der Waals surface area contributed by atoms with Gasteiger partial charge in [-0.15, -0.1) is 0 Å². The molecular formula is C23H23F2N3O5. The second-order valence-corrected chi connectivity index (χ2v) is 7.33. The van der Waals surface area contributed by atoms with Crippen molar-refractivity contribution in [3.63, 3.8) is 0 Å². The number of hydrogen-bond donors (Lipinski definition) is 5. The van der Waals surface area contributed by atoms with Crippen LogP contribution in [0.1, 0.15) is 40.9 Å². The first-order chi connectivity index (χ1) is 15.6. The van der Waals surface area contributed by atoms with Gasteiger partial charge in [-0.2, -0.15) is 0 Å². The molecule has 5 N–H and O–H groups in total. The van der Waals surface area contributed by atoms with Gasteiger partial charge in [0.05, 0.1) is 6.61 Å². The zero-order chi connectivity index (χ0) is 24.6. The van der Waals surface area contributed by atoms with E-state index in [0.717, 1.165) is 25.0 Å². The maximum absolute atomic E-state index is 13.7. The SMILES string of the molecule is CC(=O)NC(C)(C(F)F)[C@H](NC(=O)c1ccc(C#Cc2ccc(CO)cc2)cc1)C(=O)NO. The molecule has 0 spiro atoms. The van der Waals surface area contributed by atoms with Crippen molar-refractivity contribution >= 4 is 17.7 Å². The fraction of sp³-hybridized carbons (Fsp3) is 0.261. The van der Waals surface area contributed by atoms with Gasteiger partial charge < -0.3 is 15.7 Å². The molecule has 174 valence electrons. The number of hydroxylamine groups is 1. The van der Waals surface area contributed by atoms with Crippen LogP contribution >= 0.6 is 0 Å². The van der Waals surface area contributed by atoms with Crippen molar-refractivity contribution in [1.82, 2.24) is 16.1 Å². The Morgan fingerprint density at radius 3 is 1.94 bits per heavy atom. The minimum Gasteiger partial charge on any atom is -0.392 e. The molecule has 0 saturated heterocycles.